The minimum atomic E-state index is -0.939. The molecule has 2 heteroatoms. The third-order valence-electron chi connectivity index (χ3n) is 3.59. The lowest BCUT2D eigenvalue weighted by Gasteiger charge is -2.24. The average Bonchev–Trinajstić information content (AvgIpc) is 2.99. The van der Waals surface area contributed by atoms with Gasteiger partial charge in [0.1, 0.15) is 0 Å². The highest BCUT2D eigenvalue weighted by Crippen LogP contribution is 2.33. The number of rotatable bonds is 1. The van der Waals surface area contributed by atoms with Crippen LogP contribution in [0.15, 0.2) is 48.5 Å². The average molecular weight is 278 g/mol. The van der Waals surface area contributed by atoms with Crippen LogP contribution in [0.1, 0.15) is 22.3 Å². The van der Waals surface area contributed by atoms with Gasteiger partial charge in [-0.3, -0.25) is 0 Å². The number of benzene rings is 2. The second-order valence-electron chi connectivity index (χ2n) is 5.25. The molecule has 0 amide bonds. The normalized spacial score (nSPS) is 16.3. The van der Waals surface area contributed by atoms with Crippen LogP contribution in [0.25, 0.3) is 0 Å². The lowest BCUT2D eigenvalue weighted by Crippen LogP contribution is -2.26. The molecule has 3 rings (SSSR count). The number of hydrogen-bond donors (Lipinski definition) is 0. The third-order valence-corrected chi connectivity index (χ3v) is 3.59. The van der Waals surface area contributed by atoms with Crippen molar-refractivity contribution in [1.82, 2.24) is 0 Å². The van der Waals surface area contributed by atoms with Crippen LogP contribution in [-0.2, 0) is 15.3 Å². The number of hydrogen-bond acceptors (Lipinski definition) is 2. The zero-order chi connectivity index (χ0) is 14.7. The smallest absolute Gasteiger partial charge is 0.262 e. The van der Waals surface area contributed by atoms with Crippen molar-refractivity contribution in [3.05, 3.63) is 70.8 Å². The summed E-state index contributed by atoms with van der Waals surface area (Å²) in [7, 11) is 0. The van der Waals surface area contributed by atoms with Gasteiger partial charge in [0, 0.05) is 11.1 Å². The predicted octanol–water partition coefficient (Wildman–Crippen LogP) is 3.55. The van der Waals surface area contributed by atoms with Crippen LogP contribution < -0.4 is 0 Å². The Morgan fingerprint density at radius 2 is 1.67 bits per heavy atom. The quantitative estimate of drug-likeness (QED) is 0.743. The largest absolute Gasteiger partial charge is 0.334 e. The second-order valence-corrected chi connectivity index (χ2v) is 5.25. The van der Waals surface area contributed by atoms with Crippen molar-refractivity contribution in [3.63, 3.8) is 0 Å². The Balaban J connectivity index is 2.05. The molecular formula is C19H18O2. The van der Waals surface area contributed by atoms with Gasteiger partial charge >= 0.3 is 0 Å². The number of ether oxygens (including phenoxy) is 2. The van der Waals surface area contributed by atoms with E-state index >= 15 is 0 Å². The molecule has 0 bridgehead atoms. The van der Waals surface area contributed by atoms with Gasteiger partial charge in [-0.25, -0.2) is 0 Å². The molecule has 0 radical (unpaired) electrons. The highest BCUT2D eigenvalue weighted by molar-refractivity contribution is 5.42. The zero-order valence-corrected chi connectivity index (χ0v) is 12.3. The van der Waals surface area contributed by atoms with Gasteiger partial charge in [-0.05, 0) is 43.5 Å². The van der Waals surface area contributed by atoms with Crippen molar-refractivity contribution in [2.75, 3.05) is 13.2 Å². The first-order valence-electron chi connectivity index (χ1n) is 7.13. The van der Waals surface area contributed by atoms with Gasteiger partial charge in [0.2, 0.25) is 0 Å². The lowest BCUT2D eigenvalue weighted by atomic mass is 9.98. The fraction of sp³-hybridized carbons (Fsp3) is 0.263. The van der Waals surface area contributed by atoms with Gasteiger partial charge in [0.15, 0.2) is 0 Å². The highest BCUT2D eigenvalue weighted by atomic mass is 16.7. The first kappa shape index (κ1) is 13.9. The van der Waals surface area contributed by atoms with Crippen LogP contribution in [0.3, 0.4) is 0 Å². The first-order valence-corrected chi connectivity index (χ1v) is 7.13. The summed E-state index contributed by atoms with van der Waals surface area (Å²) in [5.74, 6) is 5.44. The summed E-state index contributed by atoms with van der Waals surface area (Å²) in [5.41, 5.74) is 4.27. The molecule has 0 unspecified atom stereocenters. The van der Waals surface area contributed by atoms with Gasteiger partial charge in [-0.2, -0.15) is 0 Å². The first-order chi connectivity index (χ1) is 10.2. The molecule has 1 heterocycles. The zero-order valence-electron chi connectivity index (χ0n) is 12.3. The number of aryl methyl sites for hydroxylation is 2. The summed E-state index contributed by atoms with van der Waals surface area (Å²) in [6.07, 6.45) is 0. The van der Waals surface area contributed by atoms with Crippen molar-refractivity contribution in [2.45, 2.75) is 19.6 Å². The van der Waals surface area contributed by atoms with Crippen LogP contribution in [-0.4, -0.2) is 13.2 Å². The van der Waals surface area contributed by atoms with E-state index in [1.54, 1.807) is 0 Å². The van der Waals surface area contributed by atoms with Crippen molar-refractivity contribution in [3.8, 4) is 11.8 Å². The SMILES string of the molecule is Cc1ccc(C)c(C2(C#Cc3ccccc3)OCCO2)c1. The molecule has 106 valence electrons. The van der Waals surface area contributed by atoms with Gasteiger partial charge in [-0.1, -0.05) is 41.8 Å². The summed E-state index contributed by atoms with van der Waals surface area (Å²) in [4.78, 5) is 0. The summed E-state index contributed by atoms with van der Waals surface area (Å²) >= 11 is 0. The van der Waals surface area contributed by atoms with Crippen molar-refractivity contribution in [2.24, 2.45) is 0 Å². The molecule has 21 heavy (non-hydrogen) atoms. The fourth-order valence-corrected chi connectivity index (χ4v) is 2.47. The van der Waals surface area contributed by atoms with E-state index in [0.717, 1.165) is 16.7 Å². The Labute approximate surface area is 125 Å². The van der Waals surface area contributed by atoms with Gasteiger partial charge in [0.25, 0.3) is 5.79 Å². The minimum Gasteiger partial charge on any atom is -0.334 e. The second kappa shape index (κ2) is 5.73. The molecule has 0 saturated carbocycles. The van der Waals surface area contributed by atoms with Crippen molar-refractivity contribution < 1.29 is 9.47 Å². The Morgan fingerprint density at radius 1 is 0.952 bits per heavy atom. The molecular weight excluding hydrogens is 260 g/mol. The standard InChI is InChI=1S/C19H18O2/c1-15-8-9-16(2)18(14-15)19(20-12-13-21-19)11-10-17-6-4-3-5-7-17/h3-9,14H,12-13H2,1-2H3. The summed E-state index contributed by atoms with van der Waals surface area (Å²) in [6.45, 7) is 5.26. The Morgan fingerprint density at radius 3 is 2.38 bits per heavy atom. The lowest BCUT2D eigenvalue weighted by molar-refractivity contribution is -0.114. The fourth-order valence-electron chi connectivity index (χ4n) is 2.47. The molecule has 2 aromatic rings. The van der Waals surface area contributed by atoms with Crippen LogP contribution in [0.2, 0.25) is 0 Å². The molecule has 0 N–H and O–H groups in total. The molecule has 0 aliphatic carbocycles. The van der Waals surface area contributed by atoms with E-state index < -0.39 is 5.79 Å². The Bertz CT molecular complexity index is 686. The molecule has 1 aliphatic rings. The Kier molecular flexibility index (Phi) is 3.79. The van der Waals surface area contributed by atoms with E-state index in [1.807, 2.05) is 30.3 Å². The van der Waals surface area contributed by atoms with Crippen LogP contribution >= 0.6 is 0 Å². The molecule has 2 nitrogen and oxygen atoms in total. The van der Waals surface area contributed by atoms with E-state index in [-0.39, 0.29) is 0 Å². The summed E-state index contributed by atoms with van der Waals surface area (Å²) in [6, 6.07) is 16.2. The maximum absolute atomic E-state index is 5.89. The predicted molar refractivity (Wildman–Crippen MR) is 82.8 cm³/mol. The van der Waals surface area contributed by atoms with E-state index in [1.165, 1.54) is 5.56 Å². The Hall–Kier alpha value is -2.08. The third kappa shape index (κ3) is 2.85. The van der Waals surface area contributed by atoms with Gasteiger partial charge in [0.05, 0.1) is 13.2 Å². The maximum atomic E-state index is 5.89. The van der Waals surface area contributed by atoms with E-state index in [4.69, 9.17) is 9.47 Å². The summed E-state index contributed by atoms with van der Waals surface area (Å²) < 4.78 is 11.8. The van der Waals surface area contributed by atoms with Crippen LogP contribution in [0.5, 0.6) is 0 Å². The topological polar surface area (TPSA) is 18.5 Å². The highest BCUT2D eigenvalue weighted by Gasteiger charge is 2.38. The van der Waals surface area contributed by atoms with E-state index in [9.17, 15) is 0 Å². The van der Waals surface area contributed by atoms with Crippen molar-refractivity contribution >= 4 is 0 Å². The summed E-state index contributed by atoms with van der Waals surface area (Å²) in [5, 5.41) is 0. The monoisotopic (exact) mass is 278 g/mol. The molecule has 1 fully saturated rings. The molecule has 1 aliphatic heterocycles. The minimum absolute atomic E-state index is 0.566. The van der Waals surface area contributed by atoms with Gasteiger partial charge < -0.3 is 9.47 Å². The van der Waals surface area contributed by atoms with E-state index in [2.05, 4.69) is 43.9 Å². The van der Waals surface area contributed by atoms with Crippen LogP contribution in [0.4, 0.5) is 0 Å². The molecule has 2 aromatic carbocycles. The maximum Gasteiger partial charge on any atom is 0.262 e. The molecule has 1 saturated heterocycles. The van der Waals surface area contributed by atoms with Gasteiger partial charge in [-0.15, -0.1) is 0 Å². The van der Waals surface area contributed by atoms with E-state index in [0.29, 0.717) is 13.2 Å². The molecule has 0 aromatic heterocycles. The molecule has 0 spiro atoms. The van der Waals surface area contributed by atoms with Crippen molar-refractivity contribution in [1.29, 1.82) is 0 Å². The van der Waals surface area contributed by atoms with Crippen LogP contribution in [0, 0.1) is 25.7 Å². The molecule has 0 atom stereocenters.